The van der Waals surface area contributed by atoms with Crippen molar-refractivity contribution in [3.8, 4) is 0 Å². The molecule has 0 bridgehead atoms. The van der Waals surface area contributed by atoms with Gasteiger partial charge in [-0.2, -0.15) is 0 Å². The van der Waals surface area contributed by atoms with E-state index in [4.69, 9.17) is 4.74 Å². The molecule has 108 valence electrons. The summed E-state index contributed by atoms with van der Waals surface area (Å²) in [5, 5.41) is 12.7. The van der Waals surface area contributed by atoms with E-state index in [1.165, 1.54) is 10.8 Å². The van der Waals surface area contributed by atoms with E-state index in [1.54, 1.807) is 0 Å². The van der Waals surface area contributed by atoms with Crippen LogP contribution in [-0.4, -0.2) is 43.4 Å². The van der Waals surface area contributed by atoms with E-state index in [9.17, 15) is 5.11 Å². The van der Waals surface area contributed by atoms with E-state index in [0.29, 0.717) is 13.2 Å². The first-order chi connectivity index (χ1) is 9.70. The minimum Gasteiger partial charge on any atom is -0.387 e. The van der Waals surface area contributed by atoms with Gasteiger partial charge in [0.05, 0.1) is 12.7 Å². The summed E-state index contributed by atoms with van der Waals surface area (Å²) >= 11 is 0. The molecule has 0 spiro atoms. The van der Waals surface area contributed by atoms with Crippen LogP contribution < -0.4 is 0 Å². The Labute approximate surface area is 120 Å². The molecule has 1 atom stereocenters. The molecule has 20 heavy (non-hydrogen) atoms. The number of nitrogens with zero attached hydrogens (tertiary/aromatic N) is 1. The fraction of sp³-hybridized carbons (Fsp3) is 0.412. The Hall–Kier alpha value is -1.42. The van der Waals surface area contributed by atoms with Crippen molar-refractivity contribution in [2.45, 2.75) is 13.0 Å². The molecule has 0 aliphatic rings. The quantitative estimate of drug-likeness (QED) is 0.787. The zero-order valence-electron chi connectivity index (χ0n) is 12.2. The third kappa shape index (κ3) is 4.04. The number of hydrogen-bond acceptors (Lipinski definition) is 3. The number of rotatable bonds is 7. The van der Waals surface area contributed by atoms with E-state index >= 15 is 0 Å². The lowest BCUT2D eigenvalue weighted by Crippen LogP contribution is -2.28. The zero-order chi connectivity index (χ0) is 14.4. The van der Waals surface area contributed by atoms with Crippen molar-refractivity contribution in [3.63, 3.8) is 0 Å². The van der Waals surface area contributed by atoms with Crippen molar-refractivity contribution in [1.82, 2.24) is 4.90 Å². The van der Waals surface area contributed by atoms with Crippen molar-refractivity contribution in [3.05, 3.63) is 48.0 Å². The van der Waals surface area contributed by atoms with Gasteiger partial charge in [-0.1, -0.05) is 36.4 Å². The third-order valence-electron chi connectivity index (χ3n) is 3.46. The van der Waals surface area contributed by atoms with Gasteiger partial charge in [0.2, 0.25) is 0 Å². The Morgan fingerprint density at radius 3 is 2.65 bits per heavy atom. The highest BCUT2D eigenvalue weighted by Gasteiger charge is 2.11. The normalized spacial score (nSPS) is 13.0. The van der Waals surface area contributed by atoms with Gasteiger partial charge in [0.25, 0.3) is 0 Å². The molecule has 1 N–H and O–H groups in total. The number of fused-ring (bicyclic) bond motifs is 1. The first kappa shape index (κ1) is 15.0. The topological polar surface area (TPSA) is 32.7 Å². The predicted molar refractivity (Wildman–Crippen MR) is 82.9 cm³/mol. The van der Waals surface area contributed by atoms with Crippen LogP contribution in [0.2, 0.25) is 0 Å². The third-order valence-corrected chi connectivity index (χ3v) is 3.46. The molecule has 2 aromatic carbocycles. The molecular formula is C17H23NO2. The van der Waals surface area contributed by atoms with Crippen LogP contribution in [0.1, 0.15) is 18.6 Å². The Kier molecular flexibility index (Phi) is 5.53. The summed E-state index contributed by atoms with van der Waals surface area (Å²) in [6.07, 6.45) is -0.466. The van der Waals surface area contributed by atoms with E-state index in [1.807, 2.05) is 32.2 Å². The maximum absolute atomic E-state index is 10.3. The smallest absolute Gasteiger partial charge is 0.0917 e. The molecule has 0 radical (unpaired) electrons. The van der Waals surface area contributed by atoms with Crippen molar-refractivity contribution in [2.75, 3.05) is 33.4 Å². The van der Waals surface area contributed by atoms with Crippen molar-refractivity contribution in [2.24, 2.45) is 0 Å². The lowest BCUT2D eigenvalue weighted by molar-refractivity contribution is 0.0891. The van der Waals surface area contributed by atoms with Crippen molar-refractivity contribution in [1.29, 1.82) is 0 Å². The number of aliphatic hydroxyl groups excluding tert-OH is 1. The molecule has 0 aliphatic carbocycles. The molecule has 0 fully saturated rings. The van der Waals surface area contributed by atoms with Crippen LogP contribution in [0, 0.1) is 0 Å². The molecule has 2 aromatic rings. The van der Waals surface area contributed by atoms with Gasteiger partial charge in [0, 0.05) is 19.7 Å². The molecule has 1 unspecified atom stereocenters. The van der Waals surface area contributed by atoms with Crippen molar-refractivity contribution < 1.29 is 9.84 Å². The fourth-order valence-electron chi connectivity index (χ4n) is 2.27. The molecule has 0 aromatic heterocycles. The van der Waals surface area contributed by atoms with Gasteiger partial charge < -0.3 is 14.7 Å². The monoisotopic (exact) mass is 273 g/mol. The maximum Gasteiger partial charge on any atom is 0.0917 e. The minimum atomic E-state index is -0.466. The first-order valence-corrected chi connectivity index (χ1v) is 7.13. The SMILES string of the molecule is CCOCCN(C)CC(O)c1ccc2ccccc2c1. The number of aliphatic hydroxyl groups is 1. The van der Waals surface area contributed by atoms with E-state index in [0.717, 1.165) is 18.7 Å². The summed E-state index contributed by atoms with van der Waals surface area (Å²) < 4.78 is 5.33. The van der Waals surface area contributed by atoms with Gasteiger partial charge in [0.15, 0.2) is 0 Å². The second kappa shape index (κ2) is 7.39. The van der Waals surface area contributed by atoms with Crippen LogP contribution >= 0.6 is 0 Å². The summed E-state index contributed by atoms with van der Waals surface area (Å²) in [5.74, 6) is 0. The van der Waals surface area contributed by atoms with E-state index in [2.05, 4.69) is 29.2 Å². The fourth-order valence-corrected chi connectivity index (χ4v) is 2.27. The summed E-state index contributed by atoms with van der Waals surface area (Å²) in [6, 6.07) is 14.3. The van der Waals surface area contributed by atoms with E-state index < -0.39 is 6.10 Å². The van der Waals surface area contributed by atoms with Gasteiger partial charge in [-0.3, -0.25) is 0 Å². The predicted octanol–water partition coefficient (Wildman–Crippen LogP) is 2.84. The van der Waals surface area contributed by atoms with Gasteiger partial charge in [-0.25, -0.2) is 0 Å². The Morgan fingerprint density at radius 1 is 1.15 bits per heavy atom. The lowest BCUT2D eigenvalue weighted by atomic mass is 10.0. The molecule has 0 aliphatic heterocycles. The average molecular weight is 273 g/mol. The van der Waals surface area contributed by atoms with Crippen LogP contribution in [0.15, 0.2) is 42.5 Å². The standard InChI is InChI=1S/C17H23NO2/c1-3-20-11-10-18(2)13-17(19)16-9-8-14-6-4-5-7-15(14)12-16/h4-9,12,17,19H,3,10-11,13H2,1-2H3. The van der Waals surface area contributed by atoms with Gasteiger partial charge >= 0.3 is 0 Å². The molecule has 0 saturated heterocycles. The highest BCUT2D eigenvalue weighted by atomic mass is 16.5. The van der Waals surface area contributed by atoms with Gasteiger partial charge in [0.1, 0.15) is 0 Å². The molecule has 0 heterocycles. The number of benzene rings is 2. The van der Waals surface area contributed by atoms with Crippen LogP contribution in [0.25, 0.3) is 10.8 Å². The first-order valence-electron chi connectivity index (χ1n) is 7.13. The molecule has 3 heteroatoms. The van der Waals surface area contributed by atoms with Crippen LogP contribution in [0.4, 0.5) is 0 Å². The second-order valence-electron chi connectivity index (χ2n) is 5.08. The summed E-state index contributed by atoms with van der Waals surface area (Å²) in [4.78, 5) is 2.09. The summed E-state index contributed by atoms with van der Waals surface area (Å²) in [7, 11) is 2.00. The van der Waals surface area contributed by atoms with Crippen LogP contribution in [0.3, 0.4) is 0 Å². The molecule has 2 rings (SSSR count). The Bertz CT molecular complexity index is 541. The summed E-state index contributed by atoms with van der Waals surface area (Å²) in [5.41, 5.74) is 0.965. The number of hydrogen-bond donors (Lipinski definition) is 1. The number of likely N-dealkylation sites (N-methyl/N-ethyl adjacent to an activating group) is 1. The largest absolute Gasteiger partial charge is 0.387 e. The highest BCUT2D eigenvalue weighted by Crippen LogP contribution is 2.20. The van der Waals surface area contributed by atoms with Gasteiger partial charge in [-0.05, 0) is 36.4 Å². The highest BCUT2D eigenvalue weighted by molar-refractivity contribution is 5.83. The minimum absolute atomic E-state index is 0.466. The second-order valence-corrected chi connectivity index (χ2v) is 5.08. The van der Waals surface area contributed by atoms with Gasteiger partial charge in [-0.15, -0.1) is 0 Å². The van der Waals surface area contributed by atoms with Crippen LogP contribution in [0.5, 0.6) is 0 Å². The summed E-state index contributed by atoms with van der Waals surface area (Å²) in [6.45, 7) is 4.88. The Morgan fingerprint density at radius 2 is 1.90 bits per heavy atom. The zero-order valence-corrected chi connectivity index (χ0v) is 12.2. The molecular weight excluding hydrogens is 250 g/mol. The van der Waals surface area contributed by atoms with Crippen LogP contribution in [-0.2, 0) is 4.74 Å². The number of ether oxygens (including phenoxy) is 1. The molecule has 0 amide bonds. The lowest BCUT2D eigenvalue weighted by Gasteiger charge is -2.20. The molecule has 0 saturated carbocycles. The Balaban J connectivity index is 1.98. The van der Waals surface area contributed by atoms with Crippen molar-refractivity contribution >= 4 is 10.8 Å². The molecule has 3 nitrogen and oxygen atoms in total. The van der Waals surface area contributed by atoms with E-state index in [-0.39, 0.29) is 0 Å². The maximum atomic E-state index is 10.3. The average Bonchev–Trinajstić information content (AvgIpc) is 2.47.